The molecule has 2 N–H and O–H groups in total. The van der Waals surface area contributed by atoms with Gasteiger partial charge in [0.15, 0.2) is 6.29 Å². The molecule has 0 amide bonds. The fraction of sp³-hybridized carbons (Fsp3) is 0.250. The normalized spacial score (nSPS) is 10.3. The zero-order valence-electron chi connectivity index (χ0n) is 7.33. The van der Waals surface area contributed by atoms with Crippen LogP contribution in [0.15, 0.2) is 6.07 Å². The predicted molar refractivity (Wildman–Crippen MR) is 45.5 cm³/mol. The number of ether oxygens (including phenoxy) is 1. The molecule has 0 radical (unpaired) electrons. The van der Waals surface area contributed by atoms with E-state index >= 15 is 0 Å². The molecule has 0 spiro atoms. The number of alkyl halides is 2. The Balaban J connectivity index is 3.34. The molecule has 1 aromatic heterocycles. The van der Waals surface area contributed by atoms with Gasteiger partial charge in [0, 0.05) is 11.6 Å². The van der Waals surface area contributed by atoms with Crippen LogP contribution < -0.4 is 10.5 Å². The van der Waals surface area contributed by atoms with Gasteiger partial charge in [0.1, 0.15) is 5.69 Å². The molecule has 1 heterocycles. The van der Waals surface area contributed by atoms with Gasteiger partial charge in [-0.05, 0) is 0 Å². The second kappa shape index (κ2) is 3.99. The highest BCUT2D eigenvalue weighted by molar-refractivity contribution is 5.82. The number of carbonyl (C=O) groups is 1. The Labute approximate surface area is 78.7 Å². The van der Waals surface area contributed by atoms with Gasteiger partial charge in [-0.2, -0.15) is 0 Å². The van der Waals surface area contributed by atoms with E-state index in [1.54, 1.807) is 0 Å². The first-order valence-electron chi connectivity index (χ1n) is 3.68. The molecule has 0 aromatic carbocycles. The summed E-state index contributed by atoms with van der Waals surface area (Å²) in [6.07, 6.45) is -2.45. The van der Waals surface area contributed by atoms with E-state index in [1.165, 1.54) is 7.11 Å². The summed E-state index contributed by atoms with van der Waals surface area (Å²) in [6, 6.07) is 1.01. The number of rotatable bonds is 3. The van der Waals surface area contributed by atoms with E-state index in [1.807, 2.05) is 0 Å². The van der Waals surface area contributed by atoms with Crippen LogP contribution in [0, 0.1) is 0 Å². The third-order valence-corrected chi connectivity index (χ3v) is 1.65. The van der Waals surface area contributed by atoms with Crippen LogP contribution in [0.3, 0.4) is 0 Å². The topological polar surface area (TPSA) is 65.2 Å². The van der Waals surface area contributed by atoms with Gasteiger partial charge < -0.3 is 10.5 Å². The molecule has 76 valence electrons. The van der Waals surface area contributed by atoms with Gasteiger partial charge in [0.2, 0.25) is 5.88 Å². The lowest BCUT2D eigenvalue weighted by molar-refractivity contribution is 0.111. The van der Waals surface area contributed by atoms with Crippen LogP contribution >= 0.6 is 0 Å². The molecule has 0 saturated carbocycles. The number of aromatic nitrogens is 1. The summed E-state index contributed by atoms with van der Waals surface area (Å²) >= 11 is 0. The fourth-order valence-corrected chi connectivity index (χ4v) is 0.945. The molecule has 1 aromatic rings. The molecule has 14 heavy (non-hydrogen) atoms. The summed E-state index contributed by atoms with van der Waals surface area (Å²) in [4.78, 5) is 14.0. The second-order valence-electron chi connectivity index (χ2n) is 2.47. The summed E-state index contributed by atoms with van der Waals surface area (Å²) in [5.41, 5.74) is 4.30. The van der Waals surface area contributed by atoms with Gasteiger partial charge >= 0.3 is 0 Å². The number of anilines is 1. The summed E-state index contributed by atoms with van der Waals surface area (Å²) in [5.74, 6) is -0.0587. The van der Waals surface area contributed by atoms with Crippen molar-refractivity contribution in [2.75, 3.05) is 12.8 Å². The number of carbonyl (C=O) groups excluding carboxylic acids is 1. The van der Waals surface area contributed by atoms with Crippen LogP contribution in [0.2, 0.25) is 0 Å². The van der Waals surface area contributed by atoms with Gasteiger partial charge in [-0.15, -0.1) is 0 Å². The Morgan fingerprint density at radius 2 is 2.29 bits per heavy atom. The highest BCUT2D eigenvalue weighted by atomic mass is 19.3. The van der Waals surface area contributed by atoms with E-state index in [0.717, 1.165) is 6.07 Å². The van der Waals surface area contributed by atoms with Crippen molar-refractivity contribution >= 4 is 12.0 Å². The van der Waals surface area contributed by atoms with Crippen LogP contribution in [-0.2, 0) is 0 Å². The number of methoxy groups -OCH3 is 1. The highest BCUT2D eigenvalue weighted by Crippen LogP contribution is 2.29. The van der Waals surface area contributed by atoms with Crippen LogP contribution in [0.5, 0.6) is 5.88 Å². The molecule has 1 rings (SSSR count). The van der Waals surface area contributed by atoms with Crippen molar-refractivity contribution in [3.05, 3.63) is 17.3 Å². The number of aldehydes is 1. The van der Waals surface area contributed by atoms with E-state index in [0.29, 0.717) is 6.29 Å². The Bertz CT molecular complexity index is 355. The Kier molecular flexibility index (Phi) is 2.95. The van der Waals surface area contributed by atoms with E-state index in [-0.39, 0.29) is 17.3 Å². The van der Waals surface area contributed by atoms with E-state index < -0.39 is 12.0 Å². The minimum atomic E-state index is -2.76. The number of hydrogen-bond donors (Lipinski definition) is 1. The maximum atomic E-state index is 12.4. The minimum absolute atomic E-state index is 0.0587. The van der Waals surface area contributed by atoms with Crippen LogP contribution in [0.4, 0.5) is 14.5 Å². The SMILES string of the molecule is COc1cc(C(F)F)c(N)c(C=O)n1. The lowest BCUT2D eigenvalue weighted by Gasteiger charge is -2.08. The van der Waals surface area contributed by atoms with E-state index in [4.69, 9.17) is 5.73 Å². The third kappa shape index (κ3) is 1.78. The zero-order chi connectivity index (χ0) is 10.7. The lowest BCUT2D eigenvalue weighted by atomic mass is 10.2. The van der Waals surface area contributed by atoms with Gasteiger partial charge in [-0.25, -0.2) is 13.8 Å². The summed E-state index contributed by atoms with van der Waals surface area (Å²) in [5, 5.41) is 0. The van der Waals surface area contributed by atoms with E-state index in [9.17, 15) is 13.6 Å². The van der Waals surface area contributed by atoms with Crippen molar-refractivity contribution < 1.29 is 18.3 Å². The van der Waals surface area contributed by atoms with Gasteiger partial charge in [0.05, 0.1) is 12.8 Å². The number of hydrogen-bond acceptors (Lipinski definition) is 4. The van der Waals surface area contributed by atoms with E-state index in [2.05, 4.69) is 9.72 Å². The van der Waals surface area contributed by atoms with Crippen LogP contribution in [-0.4, -0.2) is 18.4 Å². The van der Waals surface area contributed by atoms with Crippen molar-refractivity contribution in [2.24, 2.45) is 0 Å². The van der Waals surface area contributed by atoms with Crippen molar-refractivity contribution in [1.82, 2.24) is 4.98 Å². The Morgan fingerprint density at radius 1 is 1.64 bits per heavy atom. The number of nitrogens with two attached hydrogens (primary N) is 1. The van der Waals surface area contributed by atoms with Crippen LogP contribution in [0.25, 0.3) is 0 Å². The van der Waals surface area contributed by atoms with Crippen molar-refractivity contribution in [3.63, 3.8) is 0 Å². The molecule has 0 fully saturated rings. The average Bonchev–Trinajstić information content (AvgIpc) is 2.17. The van der Waals surface area contributed by atoms with Crippen molar-refractivity contribution in [3.8, 4) is 5.88 Å². The van der Waals surface area contributed by atoms with Gasteiger partial charge in [-0.1, -0.05) is 0 Å². The molecule has 6 heteroatoms. The summed E-state index contributed by atoms with van der Waals surface area (Å²) < 4.78 is 29.4. The maximum Gasteiger partial charge on any atom is 0.266 e. The van der Waals surface area contributed by atoms with Crippen molar-refractivity contribution in [2.45, 2.75) is 6.43 Å². The standard InChI is InChI=1S/C8H8F2N2O2/c1-14-6-2-4(8(9)10)7(11)5(3-13)12-6/h2-3,8H,11H2,1H3. The molecule has 0 bridgehead atoms. The fourth-order valence-electron chi connectivity index (χ4n) is 0.945. The van der Waals surface area contributed by atoms with Gasteiger partial charge in [0.25, 0.3) is 6.43 Å². The highest BCUT2D eigenvalue weighted by Gasteiger charge is 2.17. The minimum Gasteiger partial charge on any atom is -0.481 e. The predicted octanol–water partition coefficient (Wildman–Crippen LogP) is 1.42. The molecular formula is C8H8F2N2O2. The molecule has 0 aliphatic carbocycles. The maximum absolute atomic E-state index is 12.4. The lowest BCUT2D eigenvalue weighted by Crippen LogP contribution is -2.04. The number of nitrogens with zero attached hydrogens (tertiary/aromatic N) is 1. The molecule has 0 aliphatic rings. The smallest absolute Gasteiger partial charge is 0.266 e. The number of pyridine rings is 1. The molecular weight excluding hydrogens is 194 g/mol. The number of nitrogen functional groups attached to an aromatic ring is 1. The second-order valence-corrected chi connectivity index (χ2v) is 2.47. The molecule has 0 atom stereocenters. The summed E-state index contributed by atoms with van der Waals surface area (Å²) in [7, 11) is 1.27. The van der Waals surface area contributed by atoms with Crippen LogP contribution in [0.1, 0.15) is 22.5 Å². The first-order chi connectivity index (χ1) is 6.60. The monoisotopic (exact) mass is 202 g/mol. The molecule has 4 nitrogen and oxygen atoms in total. The molecule has 0 saturated heterocycles. The quantitative estimate of drug-likeness (QED) is 0.753. The number of halogens is 2. The Hall–Kier alpha value is -1.72. The van der Waals surface area contributed by atoms with Gasteiger partial charge in [-0.3, -0.25) is 4.79 Å². The molecule has 0 aliphatic heterocycles. The average molecular weight is 202 g/mol. The Morgan fingerprint density at radius 3 is 2.71 bits per heavy atom. The largest absolute Gasteiger partial charge is 0.481 e. The van der Waals surface area contributed by atoms with Crippen molar-refractivity contribution in [1.29, 1.82) is 0 Å². The summed E-state index contributed by atoms with van der Waals surface area (Å²) in [6.45, 7) is 0. The first kappa shape index (κ1) is 10.4. The first-order valence-corrected chi connectivity index (χ1v) is 3.68. The zero-order valence-corrected chi connectivity index (χ0v) is 7.33. The third-order valence-electron chi connectivity index (χ3n) is 1.65. The molecule has 0 unspecified atom stereocenters.